The van der Waals surface area contributed by atoms with Gasteiger partial charge in [0.25, 0.3) is 5.97 Å². The van der Waals surface area contributed by atoms with Crippen LogP contribution < -0.4 is 5.32 Å². The fourth-order valence-corrected chi connectivity index (χ4v) is 2.71. The zero-order valence-corrected chi connectivity index (χ0v) is 20.0. The van der Waals surface area contributed by atoms with Crippen molar-refractivity contribution in [2.45, 2.75) is 99.5 Å². The number of likely N-dealkylation sites (tertiary alicyclic amines) is 1. The molecule has 0 radical (unpaired) electrons. The monoisotopic (exact) mass is 416 g/mol. The van der Waals surface area contributed by atoms with Crippen molar-refractivity contribution >= 4 is 11.9 Å². The van der Waals surface area contributed by atoms with Crippen molar-refractivity contribution in [3.8, 4) is 0 Å². The molecular formula is C23H48N2O4. The van der Waals surface area contributed by atoms with E-state index in [-0.39, 0.29) is 6.73 Å². The normalized spacial score (nSPS) is 16.0. The molecule has 6 heteroatoms. The Kier molecular flexibility index (Phi) is 27.4. The standard InChI is InChI=1S/C11H23NO.C8H15NO.C2H4O2.C2H6/c1-3-4-5-6-7-8-11(2)9-12-10-13;1-3-8(10)9-6-4-5-7(9)2;1-2(3)4;1-2/h7-8,11-13H,3-6,9-10H2,1-2H3;7H,3-6H2,1-2H3;1H3,(H,3,4);1-2H3/b8-7-;;;/t;7-;;/m.1../s1. The highest BCUT2D eigenvalue weighted by atomic mass is 16.4. The van der Waals surface area contributed by atoms with Gasteiger partial charge in [-0.1, -0.05) is 59.6 Å². The Morgan fingerprint density at radius 1 is 1.24 bits per heavy atom. The number of nitrogens with zero attached hydrogens (tertiary/aromatic N) is 1. The van der Waals surface area contributed by atoms with Crippen molar-refractivity contribution in [3.63, 3.8) is 0 Å². The molecule has 1 aliphatic heterocycles. The van der Waals surface area contributed by atoms with Crippen LogP contribution in [0.5, 0.6) is 0 Å². The fourth-order valence-electron chi connectivity index (χ4n) is 2.71. The number of carboxylic acid groups (broad SMARTS) is 1. The lowest BCUT2D eigenvalue weighted by Gasteiger charge is -2.20. The summed E-state index contributed by atoms with van der Waals surface area (Å²) < 4.78 is 0. The van der Waals surface area contributed by atoms with E-state index in [0.717, 1.165) is 20.0 Å². The first kappa shape index (κ1) is 32.3. The molecule has 3 N–H and O–H groups in total. The van der Waals surface area contributed by atoms with Gasteiger partial charge in [0.1, 0.15) is 0 Å². The molecule has 0 aromatic heterocycles. The number of allylic oxidation sites excluding steroid dienone is 1. The number of amides is 1. The summed E-state index contributed by atoms with van der Waals surface area (Å²) in [7, 11) is 0. The lowest BCUT2D eigenvalue weighted by Crippen LogP contribution is -2.32. The summed E-state index contributed by atoms with van der Waals surface area (Å²) in [5.74, 6) is -0.00113. The molecule has 0 bridgehead atoms. The predicted molar refractivity (Wildman–Crippen MR) is 123 cm³/mol. The maximum atomic E-state index is 11.2. The van der Waals surface area contributed by atoms with Crippen molar-refractivity contribution in [2.75, 3.05) is 19.8 Å². The highest BCUT2D eigenvalue weighted by Gasteiger charge is 2.23. The summed E-state index contributed by atoms with van der Waals surface area (Å²) >= 11 is 0. The van der Waals surface area contributed by atoms with Gasteiger partial charge >= 0.3 is 0 Å². The van der Waals surface area contributed by atoms with Gasteiger partial charge < -0.3 is 15.1 Å². The van der Waals surface area contributed by atoms with Gasteiger partial charge in [-0.05, 0) is 38.5 Å². The third kappa shape index (κ3) is 24.6. The van der Waals surface area contributed by atoms with Crippen LogP contribution in [-0.2, 0) is 9.59 Å². The number of rotatable bonds is 9. The largest absolute Gasteiger partial charge is 0.481 e. The Morgan fingerprint density at radius 3 is 2.24 bits per heavy atom. The second kappa shape index (κ2) is 24.6. The molecule has 1 aliphatic rings. The minimum atomic E-state index is -0.833. The van der Waals surface area contributed by atoms with E-state index >= 15 is 0 Å². The smallest absolute Gasteiger partial charge is 0.300 e. The Balaban J connectivity index is -0.000000373. The Morgan fingerprint density at radius 2 is 1.83 bits per heavy atom. The Bertz CT molecular complexity index is 396. The van der Waals surface area contributed by atoms with E-state index in [1.165, 1.54) is 38.5 Å². The van der Waals surface area contributed by atoms with Gasteiger partial charge in [0, 0.05) is 32.5 Å². The van der Waals surface area contributed by atoms with Crippen molar-refractivity contribution in [3.05, 3.63) is 12.2 Å². The van der Waals surface area contributed by atoms with E-state index in [2.05, 4.69) is 38.2 Å². The number of carboxylic acids is 1. The molecule has 1 fully saturated rings. The minimum Gasteiger partial charge on any atom is -0.481 e. The van der Waals surface area contributed by atoms with E-state index in [0.29, 0.717) is 24.3 Å². The van der Waals surface area contributed by atoms with Gasteiger partial charge in [-0.25, -0.2) is 0 Å². The zero-order chi connectivity index (χ0) is 23.1. The van der Waals surface area contributed by atoms with E-state index in [9.17, 15) is 4.79 Å². The van der Waals surface area contributed by atoms with E-state index in [1.54, 1.807) is 0 Å². The van der Waals surface area contributed by atoms with Gasteiger partial charge in [-0.2, -0.15) is 0 Å². The van der Waals surface area contributed by atoms with Crippen LogP contribution in [0.1, 0.15) is 93.4 Å². The van der Waals surface area contributed by atoms with Crippen LogP contribution in [0.4, 0.5) is 0 Å². The number of nitrogens with one attached hydrogen (secondary N) is 1. The number of unbranched alkanes of at least 4 members (excludes halogenated alkanes) is 3. The van der Waals surface area contributed by atoms with Crippen LogP contribution in [0.2, 0.25) is 0 Å². The molecular weight excluding hydrogens is 368 g/mol. The molecule has 0 aromatic carbocycles. The number of hydrogen-bond acceptors (Lipinski definition) is 4. The molecule has 0 aliphatic carbocycles. The van der Waals surface area contributed by atoms with Crippen LogP contribution >= 0.6 is 0 Å². The van der Waals surface area contributed by atoms with Crippen LogP contribution in [0, 0.1) is 5.92 Å². The van der Waals surface area contributed by atoms with Crippen molar-refractivity contribution in [2.24, 2.45) is 5.92 Å². The summed E-state index contributed by atoms with van der Waals surface area (Å²) in [6, 6.07) is 0.493. The van der Waals surface area contributed by atoms with Crippen molar-refractivity contribution < 1.29 is 19.8 Å². The first-order valence-electron chi connectivity index (χ1n) is 11.3. The van der Waals surface area contributed by atoms with Gasteiger partial charge in [0.15, 0.2) is 0 Å². The minimum absolute atomic E-state index is 0.0774. The summed E-state index contributed by atoms with van der Waals surface area (Å²) in [5.41, 5.74) is 0. The number of carbonyl (C=O) groups is 2. The second-order valence-electron chi connectivity index (χ2n) is 6.96. The number of aliphatic hydroxyl groups is 1. The first-order chi connectivity index (χ1) is 13.8. The molecule has 1 saturated heterocycles. The van der Waals surface area contributed by atoms with Gasteiger partial charge in [-0.15, -0.1) is 0 Å². The molecule has 2 atom stereocenters. The van der Waals surface area contributed by atoms with Crippen LogP contribution in [0.15, 0.2) is 12.2 Å². The third-order valence-corrected chi connectivity index (χ3v) is 4.19. The molecule has 0 saturated carbocycles. The van der Waals surface area contributed by atoms with E-state index < -0.39 is 5.97 Å². The topological polar surface area (TPSA) is 89.9 Å². The quantitative estimate of drug-likeness (QED) is 0.285. The lowest BCUT2D eigenvalue weighted by molar-refractivity contribution is -0.134. The maximum Gasteiger partial charge on any atom is 0.300 e. The van der Waals surface area contributed by atoms with Gasteiger partial charge in [0.05, 0.1) is 6.73 Å². The Labute approximate surface area is 179 Å². The molecule has 0 aromatic rings. The van der Waals surface area contributed by atoms with E-state index in [1.807, 2.05) is 25.7 Å². The SMILES string of the molecule is CC.CC(=O)O.CCC(=O)N1CCC[C@H]1C.CCCCC/C=C\C(C)CNCO. The van der Waals surface area contributed by atoms with Crippen LogP contribution in [0.3, 0.4) is 0 Å². The molecule has 1 unspecified atom stereocenters. The highest BCUT2D eigenvalue weighted by molar-refractivity contribution is 5.76. The molecule has 1 heterocycles. The molecule has 29 heavy (non-hydrogen) atoms. The van der Waals surface area contributed by atoms with Gasteiger partial charge in [-0.3, -0.25) is 14.9 Å². The molecule has 1 rings (SSSR count). The summed E-state index contributed by atoms with van der Waals surface area (Å²) in [6.07, 6.45) is 12.6. The average Bonchev–Trinajstić information content (AvgIpc) is 3.13. The lowest BCUT2D eigenvalue weighted by atomic mass is 10.1. The maximum absolute atomic E-state index is 11.2. The summed E-state index contributed by atoms with van der Waals surface area (Å²) in [6.45, 7) is 15.4. The van der Waals surface area contributed by atoms with Gasteiger partial charge in [0.2, 0.25) is 5.91 Å². The summed E-state index contributed by atoms with van der Waals surface area (Å²) in [5, 5.41) is 18.8. The average molecular weight is 417 g/mol. The first-order valence-corrected chi connectivity index (χ1v) is 11.3. The van der Waals surface area contributed by atoms with Crippen LogP contribution in [0.25, 0.3) is 0 Å². The number of carbonyl (C=O) groups excluding carboxylic acids is 1. The second-order valence-corrected chi connectivity index (χ2v) is 6.96. The fraction of sp³-hybridized carbons (Fsp3) is 0.826. The molecule has 1 amide bonds. The molecule has 6 nitrogen and oxygen atoms in total. The van der Waals surface area contributed by atoms with Crippen molar-refractivity contribution in [1.82, 2.24) is 10.2 Å². The highest BCUT2D eigenvalue weighted by Crippen LogP contribution is 2.16. The predicted octanol–water partition coefficient (Wildman–Crippen LogP) is 4.82. The van der Waals surface area contributed by atoms with Crippen LogP contribution in [-0.4, -0.2) is 52.9 Å². The number of aliphatic carboxylic acids is 1. The zero-order valence-electron chi connectivity index (χ0n) is 20.0. The summed E-state index contributed by atoms with van der Waals surface area (Å²) in [4.78, 5) is 22.1. The number of aliphatic hydroxyl groups excluding tert-OH is 1. The molecule has 0 spiro atoms. The number of hydrogen-bond donors (Lipinski definition) is 3. The van der Waals surface area contributed by atoms with E-state index in [4.69, 9.17) is 15.0 Å². The third-order valence-electron chi connectivity index (χ3n) is 4.19. The Hall–Kier alpha value is -1.40. The molecule has 174 valence electrons. The van der Waals surface area contributed by atoms with Crippen molar-refractivity contribution in [1.29, 1.82) is 0 Å².